The van der Waals surface area contributed by atoms with E-state index in [0.29, 0.717) is 0 Å². The maximum atomic E-state index is 6.32. The highest BCUT2D eigenvalue weighted by Crippen LogP contribution is 2.20. The van der Waals surface area contributed by atoms with Crippen molar-refractivity contribution >= 4 is 0 Å². The van der Waals surface area contributed by atoms with Crippen LogP contribution >= 0.6 is 0 Å². The van der Waals surface area contributed by atoms with Crippen LogP contribution in [0.3, 0.4) is 0 Å². The van der Waals surface area contributed by atoms with E-state index in [1.807, 2.05) is 0 Å². The number of likely N-dealkylation sites (tertiary alicyclic amines) is 1. The zero-order valence-electron chi connectivity index (χ0n) is 11.9. The van der Waals surface area contributed by atoms with Gasteiger partial charge in [-0.1, -0.05) is 36.2 Å². The van der Waals surface area contributed by atoms with Crippen molar-refractivity contribution in [3.8, 4) is 0 Å². The summed E-state index contributed by atoms with van der Waals surface area (Å²) in [6.45, 7) is 10.3. The number of aryl methyl sites for hydroxylation is 2. The molecule has 0 saturated carbocycles. The largest absolute Gasteiger partial charge is 0.324 e. The van der Waals surface area contributed by atoms with Crippen LogP contribution in [0.1, 0.15) is 42.5 Å². The second kappa shape index (κ2) is 5.85. The summed E-state index contributed by atoms with van der Waals surface area (Å²) in [4.78, 5) is 2.55. The van der Waals surface area contributed by atoms with E-state index in [1.54, 1.807) is 0 Å². The Balaban J connectivity index is 1.89. The summed E-state index contributed by atoms with van der Waals surface area (Å²) >= 11 is 0. The Hall–Kier alpha value is -0.860. The SMILES string of the molecule is Cc1cc(C)cc(C(N)CCN2CCC(C)C2)c1. The number of nitrogens with two attached hydrogens (primary N) is 1. The lowest BCUT2D eigenvalue weighted by Gasteiger charge is -2.19. The molecule has 1 aliphatic heterocycles. The molecular weight excluding hydrogens is 220 g/mol. The van der Waals surface area contributed by atoms with Gasteiger partial charge in [-0.05, 0) is 51.3 Å². The molecule has 0 radical (unpaired) electrons. The van der Waals surface area contributed by atoms with Crippen molar-refractivity contribution in [2.24, 2.45) is 11.7 Å². The number of rotatable bonds is 4. The molecular formula is C16H26N2. The molecule has 0 aromatic heterocycles. The zero-order chi connectivity index (χ0) is 13.1. The van der Waals surface area contributed by atoms with Gasteiger partial charge in [0.05, 0.1) is 0 Å². The van der Waals surface area contributed by atoms with E-state index in [-0.39, 0.29) is 6.04 Å². The quantitative estimate of drug-likeness (QED) is 0.885. The van der Waals surface area contributed by atoms with Gasteiger partial charge >= 0.3 is 0 Å². The standard InChI is InChI=1S/C16H26N2/c1-12-4-6-18(11-12)7-5-16(17)15-9-13(2)8-14(3)10-15/h8-10,12,16H,4-7,11,17H2,1-3H3. The first kappa shape index (κ1) is 13.6. The Morgan fingerprint density at radius 2 is 1.94 bits per heavy atom. The monoisotopic (exact) mass is 246 g/mol. The Kier molecular flexibility index (Phi) is 4.41. The summed E-state index contributed by atoms with van der Waals surface area (Å²) in [5.74, 6) is 0.863. The second-order valence-electron chi connectivity index (χ2n) is 6.01. The minimum absolute atomic E-state index is 0.180. The fourth-order valence-electron chi connectivity index (χ4n) is 2.94. The first-order valence-electron chi connectivity index (χ1n) is 7.10. The minimum atomic E-state index is 0.180. The second-order valence-corrected chi connectivity index (χ2v) is 6.01. The predicted molar refractivity (Wildman–Crippen MR) is 77.7 cm³/mol. The third kappa shape index (κ3) is 3.56. The lowest BCUT2D eigenvalue weighted by Crippen LogP contribution is -2.25. The molecule has 0 amide bonds. The molecule has 0 spiro atoms. The molecule has 18 heavy (non-hydrogen) atoms. The normalized spacial score (nSPS) is 22.3. The van der Waals surface area contributed by atoms with Gasteiger partial charge in [0.1, 0.15) is 0 Å². The molecule has 1 heterocycles. The van der Waals surface area contributed by atoms with Crippen LogP contribution < -0.4 is 5.73 Å². The van der Waals surface area contributed by atoms with Gasteiger partial charge in [0, 0.05) is 12.6 Å². The Labute approximate surface area is 111 Å². The van der Waals surface area contributed by atoms with E-state index < -0.39 is 0 Å². The zero-order valence-corrected chi connectivity index (χ0v) is 11.9. The molecule has 2 nitrogen and oxygen atoms in total. The third-order valence-electron chi connectivity index (χ3n) is 3.94. The van der Waals surface area contributed by atoms with E-state index in [0.717, 1.165) is 18.9 Å². The number of hydrogen-bond donors (Lipinski definition) is 1. The molecule has 1 aromatic rings. The van der Waals surface area contributed by atoms with Gasteiger partial charge in [-0.2, -0.15) is 0 Å². The van der Waals surface area contributed by atoms with Crippen molar-refractivity contribution in [1.82, 2.24) is 4.90 Å². The van der Waals surface area contributed by atoms with E-state index in [4.69, 9.17) is 5.73 Å². The summed E-state index contributed by atoms with van der Waals surface area (Å²) in [5, 5.41) is 0. The summed E-state index contributed by atoms with van der Waals surface area (Å²) < 4.78 is 0. The highest BCUT2D eigenvalue weighted by atomic mass is 15.1. The average molecular weight is 246 g/mol. The van der Waals surface area contributed by atoms with Gasteiger partial charge in [0.25, 0.3) is 0 Å². The predicted octanol–water partition coefficient (Wildman–Crippen LogP) is 3.04. The fraction of sp³-hybridized carbons (Fsp3) is 0.625. The first-order valence-corrected chi connectivity index (χ1v) is 7.10. The van der Waals surface area contributed by atoms with Crippen molar-refractivity contribution in [2.45, 2.75) is 39.7 Å². The van der Waals surface area contributed by atoms with Crippen LogP contribution in [0.5, 0.6) is 0 Å². The van der Waals surface area contributed by atoms with Crippen molar-refractivity contribution in [1.29, 1.82) is 0 Å². The Morgan fingerprint density at radius 1 is 1.28 bits per heavy atom. The number of nitrogens with zero attached hydrogens (tertiary/aromatic N) is 1. The Morgan fingerprint density at radius 3 is 2.50 bits per heavy atom. The maximum Gasteiger partial charge on any atom is 0.0307 e. The van der Waals surface area contributed by atoms with Crippen molar-refractivity contribution < 1.29 is 0 Å². The van der Waals surface area contributed by atoms with Crippen LogP contribution in [0.15, 0.2) is 18.2 Å². The van der Waals surface area contributed by atoms with Crippen LogP contribution in [-0.4, -0.2) is 24.5 Å². The summed E-state index contributed by atoms with van der Waals surface area (Å²) in [5.41, 5.74) is 10.2. The van der Waals surface area contributed by atoms with Crippen molar-refractivity contribution in [3.05, 3.63) is 34.9 Å². The lowest BCUT2D eigenvalue weighted by molar-refractivity contribution is 0.313. The van der Waals surface area contributed by atoms with Gasteiger partial charge in [0.2, 0.25) is 0 Å². The molecule has 2 atom stereocenters. The molecule has 2 rings (SSSR count). The molecule has 1 saturated heterocycles. The van der Waals surface area contributed by atoms with E-state index in [1.165, 1.54) is 36.2 Å². The van der Waals surface area contributed by atoms with Gasteiger partial charge in [0.15, 0.2) is 0 Å². The summed E-state index contributed by atoms with van der Waals surface area (Å²) in [6, 6.07) is 6.84. The van der Waals surface area contributed by atoms with Crippen LogP contribution in [-0.2, 0) is 0 Å². The van der Waals surface area contributed by atoms with Gasteiger partial charge < -0.3 is 10.6 Å². The van der Waals surface area contributed by atoms with Crippen LogP contribution in [0, 0.1) is 19.8 Å². The van der Waals surface area contributed by atoms with Crippen molar-refractivity contribution in [2.75, 3.05) is 19.6 Å². The highest BCUT2D eigenvalue weighted by Gasteiger charge is 2.19. The highest BCUT2D eigenvalue weighted by molar-refractivity contribution is 5.30. The van der Waals surface area contributed by atoms with Crippen LogP contribution in [0.25, 0.3) is 0 Å². The molecule has 2 N–H and O–H groups in total. The van der Waals surface area contributed by atoms with E-state index in [2.05, 4.69) is 43.9 Å². The maximum absolute atomic E-state index is 6.32. The molecule has 0 bridgehead atoms. The van der Waals surface area contributed by atoms with Gasteiger partial charge in [-0.3, -0.25) is 0 Å². The van der Waals surface area contributed by atoms with Gasteiger partial charge in [-0.25, -0.2) is 0 Å². The van der Waals surface area contributed by atoms with Crippen LogP contribution in [0.2, 0.25) is 0 Å². The number of benzene rings is 1. The van der Waals surface area contributed by atoms with E-state index in [9.17, 15) is 0 Å². The molecule has 1 aliphatic rings. The Bertz CT molecular complexity index is 380. The molecule has 2 heteroatoms. The van der Waals surface area contributed by atoms with Crippen molar-refractivity contribution in [3.63, 3.8) is 0 Å². The smallest absolute Gasteiger partial charge is 0.0307 e. The van der Waals surface area contributed by atoms with Crippen LogP contribution in [0.4, 0.5) is 0 Å². The topological polar surface area (TPSA) is 29.3 Å². The summed E-state index contributed by atoms with van der Waals surface area (Å²) in [6.07, 6.45) is 2.41. The number of hydrogen-bond acceptors (Lipinski definition) is 2. The molecule has 0 aliphatic carbocycles. The fourth-order valence-corrected chi connectivity index (χ4v) is 2.94. The molecule has 1 aromatic carbocycles. The average Bonchev–Trinajstić information content (AvgIpc) is 2.70. The molecule has 100 valence electrons. The van der Waals surface area contributed by atoms with Gasteiger partial charge in [-0.15, -0.1) is 0 Å². The molecule has 2 unspecified atom stereocenters. The minimum Gasteiger partial charge on any atom is -0.324 e. The molecule has 1 fully saturated rings. The van der Waals surface area contributed by atoms with E-state index >= 15 is 0 Å². The third-order valence-corrected chi connectivity index (χ3v) is 3.94. The first-order chi connectivity index (χ1) is 8.54. The lowest BCUT2D eigenvalue weighted by atomic mass is 10.00. The summed E-state index contributed by atoms with van der Waals surface area (Å²) in [7, 11) is 0.